The summed E-state index contributed by atoms with van der Waals surface area (Å²) < 4.78 is 16.6. The van der Waals surface area contributed by atoms with Crippen LogP contribution in [0.4, 0.5) is 0 Å². The number of rotatable bonds is 8. The Morgan fingerprint density at radius 3 is 2.82 bits per heavy atom. The maximum absolute atomic E-state index is 12.5. The van der Waals surface area contributed by atoms with Gasteiger partial charge >= 0.3 is 5.97 Å². The molecule has 1 unspecified atom stereocenters. The second-order valence-corrected chi connectivity index (χ2v) is 11.6. The first-order chi connectivity index (χ1) is 18.3. The summed E-state index contributed by atoms with van der Waals surface area (Å²) in [6, 6.07) is 8.16. The number of esters is 1. The van der Waals surface area contributed by atoms with Crippen molar-refractivity contribution in [1.82, 2.24) is 20.0 Å². The number of halogens is 1. The molecule has 3 aromatic rings. The van der Waals surface area contributed by atoms with E-state index in [-0.39, 0.29) is 22.9 Å². The van der Waals surface area contributed by atoms with Crippen LogP contribution in [0, 0.1) is 5.41 Å². The second kappa shape index (κ2) is 9.65. The minimum absolute atomic E-state index is 0.0244. The van der Waals surface area contributed by atoms with E-state index in [0.29, 0.717) is 34.8 Å². The van der Waals surface area contributed by atoms with Gasteiger partial charge in [0.15, 0.2) is 0 Å². The molecule has 3 aliphatic rings. The van der Waals surface area contributed by atoms with Gasteiger partial charge in [0, 0.05) is 30.3 Å². The zero-order chi connectivity index (χ0) is 26.5. The molecule has 1 aromatic carbocycles. The van der Waals surface area contributed by atoms with Crippen molar-refractivity contribution in [3.8, 4) is 28.7 Å². The Morgan fingerprint density at radius 1 is 1.24 bits per heavy atom. The van der Waals surface area contributed by atoms with Gasteiger partial charge in [-0.2, -0.15) is 4.98 Å². The van der Waals surface area contributed by atoms with Crippen molar-refractivity contribution in [2.75, 3.05) is 26.2 Å². The summed E-state index contributed by atoms with van der Waals surface area (Å²) in [5.74, 6) is 1.30. The highest BCUT2D eigenvalue weighted by Crippen LogP contribution is 2.52. The van der Waals surface area contributed by atoms with E-state index in [0.717, 1.165) is 57.3 Å². The number of hydrogen-bond acceptors (Lipinski definition) is 8. The fourth-order valence-electron chi connectivity index (χ4n) is 6.17. The summed E-state index contributed by atoms with van der Waals surface area (Å²) in [4.78, 5) is 24.0. The third kappa shape index (κ3) is 4.47. The third-order valence-electron chi connectivity index (χ3n) is 8.19. The van der Waals surface area contributed by atoms with Crippen molar-refractivity contribution in [2.24, 2.45) is 5.41 Å². The highest BCUT2D eigenvalue weighted by atomic mass is 35.5. The number of hydrogen-bond donors (Lipinski definition) is 0. The molecule has 38 heavy (non-hydrogen) atoms. The Balaban J connectivity index is 1.22. The minimum atomic E-state index is -0.289. The number of benzene rings is 1. The molecule has 1 aliphatic heterocycles. The average molecular weight is 537 g/mol. The fraction of sp³-hybridized carbons (Fsp3) is 0.517. The first-order valence-corrected chi connectivity index (χ1v) is 13.9. The summed E-state index contributed by atoms with van der Waals surface area (Å²) >= 11 is 6.37. The number of pyridine rings is 1. The lowest BCUT2D eigenvalue weighted by atomic mass is 9.81. The Kier molecular flexibility index (Phi) is 6.43. The average Bonchev–Trinajstić information content (AvgIpc) is 3.21. The lowest BCUT2D eigenvalue weighted by molar-refractivity contribution is -0.150. The molecule has 1 spiro atoms. The van der Waals surface area contributed by atoms with Crippen LogP contribution < -0.4 is 4.74 Å². The SMILES string of the molecule is CCOC(=O)C1(CN2CCC3(CCc4c(-c5noc(-c6cnc(OC(C)C)c(Cl)c6)n5)cccc43)C2)CC1. The van der Waals surface area contributed by atoms with E-state index in [1.165, 1.54) is 11.1 Å². The number of carbonyl (C=O) groups is 1. The van der Waals surface area contributed by atoms with E-state index in [2.05, 4.69) is 33.2 Å². The summed E-state index contributed by atoms with van der Waals surface area (Å²) in [7, 11) is 0. The van der Waals surface area contributed by atoms with Crippen molar-refractivity contribution in [1.29, 1.82) is 0 Å². The van der Waals surface area contributed by atoms with E-state index < -0.39 is 0 Å². The van der Waals surface area contributed by atoms with Crippen molar-refractivity contribution in [2.45, 2.75) is 64.4 Å². The molecular formula is C29H33ClN4O4. The lowest BCUT2D eigenvalue weighted by Gasteiger charge is -2.27. The first kappa shape index (κ1) is 25.3. The molecule has 0 N–H and O–H groups in total. The van der Waals surface area contributed by atoms with Crippen LogP contribution in [0.1, 0.15) is 57.6 Å². The predicted octanol–water partition coefficient (Wildman–Crippen LogP) is 5.47. The van der Waals surface area contributed by atoms with Crippen LogP contribution in [-0.2, 0) is 21.4 Å². The van der Waals surface area contributed by atoms with Gasteiger partial charge < -0.3 is 18.9 Å². The van der Waals surface area contributed by atoms with Crippen LogP contribution in [0.15, 0.2) is 35.0 Å². The normalized spacial score (nSPS) is 21.7. The standard InChI is InChI=1S/C29H33ClN4O4/c1-4-36-27(35)29(10-11-29)17-34-13-12-28(16-34)9-8-20-21(6-5-7-22(20)28)24-32-25(38-33-24)19-14-23(30)26(31-15-19)37-18(2)3/h5-7,14-15,18H,4,8-13,16-17H2,1-3H3. The fourth-order valence-corrected chi connectivity index (χ4v) is 6.38. The number of ether oxygens (including phenoxy) is 2. The Bertz CT molecular complexity index is 1370. The summed E-state index contributed by atoms with van der Waals surface area (Å²) in [6.07, 6.45) is 6.64. The molecule has 9 heteroatoms. The van der Waals surface area contributed by atoms with E-state index in [4.69, 9.17) is 30.6 Å². The smallest absolute Gasteiger partial charge is 0.313 e. The number of aromatic nitrogens is 3. The topological polar surface area (TPSA) is 90.6 Å². The molecule has 0 amide bonds. The number of nitrogens with zero attached hydrogens (tertiary/aromatic N) is 4. The maximum Gasteiger partial charge on any atom is 0.313 e. The molecule has 6 rings (SSSR count). The number of fused-ring (bicyclic) bond motifs is 2. The Hall–Kier alpha value is -2.97. The van der Waals surface area contributed by atoms with Crippen LogP contribution >= 0.6 is 11.6 Å². The number of carbonyl (C=O) groups excluding carboxylic acids is 1. The summed E-state index contributed by atoms with van der Waals surface area (Å²) in [6.45, 7) is 8.94. The molecule has 200 valence electrons. The zero-order valence-electron chi connectivity index (χ0n) is 22.1. The maximum atomic E-state index is 12.5. The largest absolute Gasteiger partial charge is 0.474 e. The van der Waals surface area contributed by atoms with Crippen LogP contribution in [0.3, 0.4) is 0 Å². The molecule has 2 aliphatic carbocycles. The summed E-state index contributed by atoms with van der Waals surface area (Å²) in [5, 5.41) is 4.72. The van der Waals surface area contributed by atoms with Crippen LogP contribution in [-0.4, -0.2) is 58.3 Å². The lowest BCUT2D eigenvalue weighted by Crippen LogP contribution is -2.36. The monoisotopic (exact) mass is 536 g/mol. The van der Waals surface area contributed by atoms with Gasteiger partial charge in [-0.25, -0.2) is 4.98 Å². The zero-order valence-corrected chi connectivity index (χ0v) is 22.9. The van der Waals surface area contributed by atoms with Gasteiger partial charge in [-0.1, -0.05) is 35.0 Å². The third-order valence-corrected chi connectivity index (χ3v) is 8.46. The molecule has 0 radical (unpaired) electrons. The van der Waals surface area contributed by atoms with Gasteiger partial charge in [-0.3, -0.25) is 4.79 Å². The van der Waals surface area contributed by atoms with Crippen LogP contribution in [0.25, 0.3) is 22.8 Å². The van der Waals surface area contributed by atoms with Crippen LogP contribution in [0.2, 0.25) is 5.02 Å². The minimum Gasteiger partial charge on any atom is -0.474 e. The van der Waals surface area contributed by atoms with Gasteiger partial charge in [0.05, 0.1) is 23.7 Å². The molecule has 1 saturated carbocycles. The molecule has 1 saturated heterocycles. The molecule has 0 bridgehead atoms. The highest BCUT2D eigenvalue weighted by molar-refractivity contribution is 6.32. The van der Waals surface area contributed by atoms with Crippen molar-refractivity contribution in [3.05, 3.63) is 46.6 Å². The van der Waals surface area contributed by atoms with Gasteiger partial charge in [-0.05, 0) is 76.6 Å². The van der Waals surface area contributed by atoms with E-state index in [1.807, 2.05) is 20.8 Å². The van der Waals surface area contributed by atoms with Crippen LogP contribution in [0.5, 0.6) is 5.88 Å². The van der Waals surface area contributed by atoms with Crippen molar-refractivity contribution in [3.63, 3.8) is 0 Å². The first-order valence-electron chi connectivity index (χ1n) is 13.5. The second-order valence-electron chi connectivity index (χ2n) is 11.2. The van der Waals surface area contributed by atoms with E-state index in [9.17, 15) is 4.79 Å². The van der Waals surface area contributed by atoms with Gasteiger partial charge in [-0.15, -0.1) is 0 Å². The quantitative estimate of drug-likeness (QED) is 0.350. The molecule has 2 aromatic heterocycles. The van der Waals surface area contributed by atoms with E-state index >= 15 is 0 Å². The summed E-state index contributed by atoms with van der Waals surface area (Å²) in [5.41, 5.74) is 4.15. The van der Waals surface area contributed by atoms with Gasteiger partial charge in [0.2, 0.25) is 11.7 Å². The molecule has 8 nitrogen and oxygen atoms in total. The van der Waals surface area contributed by atoms with E-state index in [1.54, 1.807) is 12.3 Å². The van der Waals surface area contributed by atoms with Gasteiger partial charge in [0.25, 0.3) is 5.89 Å². The predicted molar refractivity (Wildman–Crippen MR) is 143 cm³/mol. The highest BCUT2D eigenvalue weighted by Gasteiger charge is 2.54. The number of likely N-dealkylation sites (tertiary alicyclic amines) is 1. The molecule has 3 heterocycles. The van der Waals surface area contributed by atoms with Crippen molar-refractivity contribution < 1.29 is 18.8 Å². The van der Waals surface area contributed by atoms with Gasteiger partial charge in [0.1, 0.15) is 5.02 Å². The molecular weight excluding hydrogens is 504 g/mol. The Morgan fingerprint density at radius 2 is 2.08 bits per heavy atom. The Labute approximate surface area is 227 Å². The van der Waals surface area contributed by atoms with Crippen molar-refractivity contribution >= 4 is 17.6 Å². The molecule has 1 atom stereocenters. The molecule has 2 fully saturated rings.